The molecule has 0 amide bonds. The van der Waals surface area contributed by atoms with Crippen LogP contribution in [0.15, 0.2) is 58.1 Å². The van der Waals surface area contributed by atoms with Gasteiger partial charge in [-0.15, -0.1) is 0 Å². The quantitative estimate of drug-likeness (QED) is 0.428. The number of hydrogen-bond donors (Lipinski definition) is 2. The lowest BCUT2D eigenvalue weighted by Crippen LogP contribution is -2.31. The SMILES string of the molecule is CC(C)Oc1ccc(/C=N\NC(=S)NCc2ccccc2)cc1Br. The number of thiocarbonyl (C=S) groups is 1. The molecule has 0 spiro atoms. The third kappa shape index (κ3) is 6.29. The number of hydrogen-bond acceptors (Lipinski definition) is 3. The molecule has 0 fully saturated rings. The molecule has 0 heterocycles. The Kier molecular flexibility index (Phi) is 7.21. The summed E-state index contributed by atoms with van der Waals surface area (Å²) in [4.78, 5) is 0. The zero-order chi connectivity index (χ0) is 17.4. The van der Waals surface area contributed by atoms with Crippen LogP contribution >= 0.6 is 28.1 Å². The first-order valence-electron chi connectivity index (χ1n) is 7.61. The fourth-order valence-electron chi connectivity index (χ4n) is 1.93. The predicted molar refractivity (Wildman–Crippen MR) is 107 cm³/mol. The van der Waals surface area contributed by atoms with Crippen LogP contribution in [0.1, 0.15) is 25.0 Å². The number of halogens is 1. The molecule has 0 aliphatic carbocycles. The van der Waals surface area contributed by atoms with Crippen LogP contribution in [0, 0.1) is 0 Å². The van der Waals surface area contributed by atoms with Gasteiger partial charge in [-0.2, -0.15) is 5.10 Å². The Morgan fingerprint density at radius 2 is 2.00 bits per heavy atom. The van der Waals surface area contributed by atoms with Gasteiger partial charge in [-0.05, 0) is 71.3 Å². The Balaban J connectivity index is 1.82. The van der Waals surface area contributed by atoms with E-state index >= 15 is 0 Å². The first kappa shape index (κ1) is 18.4. The molecule has 126 valence electrons. The molecule has 2 aromatic carbocycles. The summed E-state index contributed by atoms with van der Waals surface area (Å²) < 4.78 is 6.57. The van der Waals surface area contributed by atoms with Crippen LogP contribution in [0.25, 0.3) is 0 Å². The third-order valence-corrected chi connectivity index (χ3v) is 3.85. The lowest BCUT2D eigenvalue weighted by atomic mass is 10.2. The van der Waals surface area contributed by atoms with E-state index in [0.717, 1.165) is 21.3 Å². The average Bonchev–Trinajstić information content (AvgIpc) is 2.56. The Hall–Kier alpha value is -1.92. The second kappa shape index (κ2) is 9.39. The minimum Gasteiger partial charge on any atom is -0.490 e. The molecule has 0 unspecified atom stereocenters. The van der Waals surface area contributed by atoms with Crippen molar-refractivity contribution >= 4 is 39.5 Å². The molecule has 0 aliphatic rings. The monoisotopic (exact) mass is 405 g/mol. The Morgan fingerprint density at radius 1 is 1.25 bits per heavy atom. The van der Waals surface area contributed by atoms with E-state index in [0.29, 0.717) is 11.7 Å². The molecule has 0 saturated carbocycles. The summed E-state index contributed by atoms with van der Waals surface area (Å²) in [6.45, 7) is 4.65. The summed E-state index contributed by atoms with van der Waals surface area (Å²) >= 11 is 8.70. The second-order valence-corrected chi connectivity index (χ2v) is 6.66. The lowest BCUT2D eigenvalue weighted by molar-refractivity contribution is 0.241. The zero-order valence-corrected chi connectivity index (χ0v) is 16.0. The highest BCUT2D eigenvalue weighted by Gasteiger charge is 2.03. The van der Waals surface area contributed by atoms with Gasteiger partial charge in [0.2, 0.25) is 0 Å². The predicted octanol–water partition coefficient (Wildman–Crippen LogP) is 4.23. The van der Waals surface area contributed by atoms with Gasteiger partial charge in [0, 0.05) is 6.54 Å². The molecule has 2 N–H and O–H groups in total. The van der Waals surface area contributed by atoms with E-state index in [1.54, 1.807) is 6.21 Å². The van der Waals surface area contributed by atoms with Crippen molar-refractivity contribution in [2.75, 3.05) is 0 Å². The van der Waals surface area contributed by atoms with Crippen molar-refractivity contribution in [2.45, 2.75) is 26.5 Å². The van der Waals surface area contributed by atoms with Crippen molar-refractivity contribution in [3.8, 4) is 5.75 Å². The Morgan fingerprint density at radius 3 is 2.67 bits per heavy atom. The fourth-order valence-corrected chi connectivity index (χ4v) is 2.54. The van der Waals surface area contributed by atoms with Gasteiger partial charge >= 0.3 is 0 Å². The van der Waals surface area contributed by atoms with Crippen molar-refractivity contribution in [3.05, 3.63) is 64.1 Å². The van der Waals surface area contributed by atoms with Gasteiger partial charge in [-0.25, -0.2) is 0 Å². The van der Waals surface area contributed by atoms with Crippen LogP contribution in [-0.2, 0) is 6.54 Å². The van der Waals surface area contributed by atoms with Crippen LogP contribution in [0.5, 0.6) is 5.75 Å². The maximum Gasteiger partial charge on any atom is 0.187 e. The number of ether oxygens (including phenoxy) is 1. The molecule has 0 saturated heterocycles. The Bertz CT molecular complexity index is 705. The molecule has 2 rings (SSSR count). The van der Waals surface area contributed by atoms with Crippen molar-refractivity contribution in [1.29, 1.82) is 0 Å². The standard InChI is InChI=1S/C18H20BrN3OS/c1-13(2)23-17-9-8-15(10-16(17)19)12-21-22-18(24)20-11-14-6-4-3-5-7-14/h3-10,12-13H,11H2,1-2H3,(H2,20,22,24)/b21-12-. The molecule has 0 aromatic heterocycles. The Labute approximate surface area is 156 Å². The van der Waals surface area contributed by atoms with Crippen LogP contribution in [-0.4, -0.2) is 17.4 Å². The van der Waals surface area contributed by atoms with Gasteiger partial charge in [-0.1, -0.05) is 30.3 Å². The van der Waals surface area contributed by atoms with E-state index in [4.69, 9.17) is 17.0 Å². The van der Waals surface area contributed by atoms with Crippen LogP contribution in [0.3, 0.4) is 0 Å². The summed E-state index contributed by atoms with van der Waals surface area (Å²) in [5.41, 5.74) is 4.91. The van der Waals surface area contributed by atoms with Crippen molar-refractivity contribution in [2.24, 2.45) is 5.10 Å². The highest BCUT2D eigenvalue weighted by atomic mass is 79.9. The largest absolute Gasteiger partial charge is 0.490 e. The smallest absolute Gasteiger partial charge is 0.187 e. The minimum absolute atomic E-state index is 0.135. The maximum atomic E-state index is 5.68. The highest BCUT2D eigenvalue weighted by Crippen LogP contribution is 2.26. The van der Waals surface area contributed by atoms with Crippen LogP contribution < -0.4 is 15.5 Å². The molecule has 0 radical (unpaired) electrons. The topological polar surface area (TPSA) is 45.6 Å². The lowest BCUT2D eigenvalue weighted by Gasteiger charge is -2.11. The van der Waals surface area contributed by atoms with Crippen molar-refractivity contribution < 1.29 is 4.74 Å². The normalized spacial score (nSPS) is 10.8. The van der Waals surface area contributed by atoms with Gasteiger partial charge in [0.25, 0.3) is 0 Å². The van der Waals surface area contributed by atoms with Crippen LogP contribution in [0.4, 0.5) is 0 Å². The number of nitrogens with one attached hydrogen (secondary N) is 2. The summed E-state index contributed by atoms with van der Waals surface area (Å²) in [5.74, 6) is 0.815. The number of hydrazone groups is 1. The van der Waals surface area contributed by atoms with E-state index in [1.165, 1.54) is 0 Å². The van der Waals surface area contributed by atoms with Crippen LogP contribution in [0.2, 0.25) is 0 Å². The molecule has 24 heavy (non-hydrogen) atoms. The summed E-state index contributed by atoms with van der Waals surface area (Å²) in [6, 6.07) is 15.9. The van der Waals surface area contributed by atoms with Crippen molar-refractivity contribution in [3.63, 3.8) is 0 Å². The van der Waals surface area contributed by atoms with E-state index in [2.05, 4.69) is 31.8 Å². The molecule has 0 atom stereocenters. The summed E-state index contributed by atoms with van der Waals surface area (Å²) in [7, 11) is 0. The van der Waals surface area contributed by atoms with Gasteiger partial charge < -0.3 is 10.1 Å². The van der Waals surface area contributed by atoms with Gasteiger partial charge in [0.05, 0.1) is 16.8 Å². The summed E-state index contributed by atoms with van der Waals surface area (Å²) in [5, 5.41) is 7.73. The summed E-state index contributed by atoms with van der Waals surface area (Å²) in [6.07, 6.45) is 1.84. The first-order chi connectivity index (χ1) is 11.5. The molecular formula is C18H20BrN3OS. The van der Waals surface area contributed by atoms with E-state index in [1.807, 2.05) is 62.4 Å². The molecule has 4 nitrogen and oxygen atoms in total. The zero-order valence-electron chi connectivity index (χ0n) is 13.6. The first-order valence-corrected chi connectivity index (χ1v) is 8.82. The minimum atomic E-state index is 0.135. The number of nitrogens with zero attached hydrogens (tertiary/aromatic N) is 1. The second-order valence-electron chi connectivity index (χ2n) is 5.39. The molecule has 0 aliphatic heterocycles. The maximum absolute atomic E-state index is 5.68. The third-order valence-electron chi connectivity index (χ3n) is 2.99. The highest BCUT2D eigenvalue weighted by molar-refractivity contribution is 9.10. The number of rotatable bonds is 6. The molecular weight excluding hydrogens is 386 g/mol. The van der Waals surface area contributed by atoms with E-state index in [-0.39, 0.29) is 6.10 Å². The number of benzene rings is 2. The van der Waals surface area contributed by atoms with Gasteiger partial charge in [0.15, 0.2) is 5.11 Å². The van der Waals surface area contributed by atoms with Gasteiger partial charge in [-0.3, -0.25) is 5.43 Å². The average molecular weight is 406 g/mol. The molecule has 0 bridgehead atoms. The van der Waals surface area contributed by atoms with Gasteiger partial charge in [0.1, 0.15) is 5.75 Å². The fraction of sp³-hybridized carbons (Fsp3) is 0.222. The van der Waals surface area contributed by atoms with E-state index < -0.39 is 0 Å². The molecule has 6 heteroatoms. The van der Waals surface area contributed by atoms with E-state index in [9.17, 15) is 0 Å². The molecule has 2 aromatic rings. The van der Waals surface area contributed by atoms with Crippen molar-refractivity contribution in [1.82, 2.24) is 10.7 Å².